The van der Waals surface area contributed by atoms with Gasteiger partial charge in [0.2, 0.25) is 0 Å². The Morgan fingerprint density at radius 2 is 2.12 bits per heavy atom. The van der Waals surface area contributed by atoms with E-state index in [-0.39, 0.29) is 23.6 Å². The summed E-state index contributed by atoms with van der Waals surface area (Å²) in [4.78, 5) is 11.5. The summed E-state index contributed by atoms with van der Waals surface area (Å²) < 4.78 is 10.8. The van der Waals surface area contributed by atoms with Crippen LogP contribution in [0.4, 0.5) is 0 Å². The van der Waals surface area contributed by atoms with Crippen LogP contribution in [0.5, 0.6) is 11.5 Å². The normalized spacial score (nSPS) is 12.1. The third-order valence-electron chi connectivity index (χ3n) is 1.90. The molecule has 1 aromatic carbocycles. The van der Waals surface area contributed by atoms with Gasteiger partial charge in [0.25, 0.3) is 5.91 Å². The molecule has 1 amide bonds. The van der Waals surface area contributed by atoms with Gasteiger partial charge in [-0.3, -0.25) is 9.00 Å². The molecule has 0 fully saturated rings. The zero-order valence-corrected chi connectivity index (χ0v) is 9.58. The lowest BCUT2D eigenvalue weighted by Gasteiger charge is -2.06. The average molecular weight is 243 g/mol. The highest BCUT2D eigenvalue weighted by molar-refractivity contribution is 7.84. The molecule has 0 spiro atoms. The number of hydrogen-bond donors (Lipinski definition) is 3. The third kappa shape index (κ3) is 3.54. The van der Waals surface area contributed by atoms with E-state index in [4.69, 9.17) is 5.11 Å². The van der Waals surface area contributed by atoms with Crippen molar-refractivity contribution in [2.24, 2.45) is 0 Å². The Balaban J connectivity index is 2.63. The summed E-state index contributed by atoms with van der Waals surface area (Å²) in [7, 11) is -0.965. The molecule has 0 saturated heterocycles. The number of amides is 1. The molecular formula is C10H13NO4S. The summed E-state index contributed by atoms with van der Waals surface area (Å²) in [5.74, 6) is -0.480. The highest BCUT2D eigenvalue weighted by atomic mass is 32.2. The molecule has 1 atom stereocenters. The minimum Gasteiger partial charge on any atom is -0.508 e. The molecule has 0 bridgehead atoms. The van der Waals surface area contributed by atoms with Crippen LogP contribution in [0.1, 0.15) is 10.4 Å². The van der Waals surface area contributed by atoms with Crippen LogP contribution in [0.25, 0.3) is 0 Å². The Hall–Kier alpha value is -1.56. The van der Waals surface area contributed by atoms with Crippen LogP contribution in [0.15, 0.2) is 18.2 Å². The predicted octanol–water partition coefficient (Wildman–Crippen LogP) is 0.206. The van der Waals surface area contributed by atoms with Gasteiger partial charge in [0.15, 0.2) is 0 Å². The zero-order valence-electron chi connectivity index (χ0n) is 8.77. The van der Waals surface area contributed by atoms with Crippen molar-refractivity contribution in [3.8, 4) is 11.5 Å². The summed E-state index contributed by atoms with van der Waals surface area (Å²) in [5, 5.41) is 20.9. The number of nitrogens with one attached hydrogen (secondary N) is 1. The van der Waals surface area contributed by atoms with Crippen LogP contribution in [0, 0.1) is 0 Å². The first-order chi connectivity index (χ1) is 7.50. The van der Waals surface area contributed by atoms with Crippen LogP contribution in [0.2, 0.25) is 0 Å². The number of phenols is 2. The molecule has 0 saturated carbocycles. The van der Waals surface area contributed by atoms with E-state index in [0.29, 0.717) is 5.75 Å². The lowest BCUT2D eigenvalue weighted by atomic mass is 10.2. The first-order valence-corrected chi connectivity index (χ1v) is 6.33. The Bertz CT molecular complexity index is 419. The summed E-state index contributed by atoms with van der Waals surface area (Å²) in [6.07, 6.45) is 1.55. The van der Waals surface area contributed by atoms with Crippen molar-refractivity contribution in [1.82, 2.24) is 5.32 Å². The van der Waals surface area contributed by atoms with E-state index >= 15 is 0 Å². The van der Waals surface area contributed by atoms with Crippen molar-refractivity contribution in [3.05, 3.63) is 23.8 Å². The number of carbonyl (C=O) groups is 1. The van der Waals surface area contributed by atoms with E-state index in [0.717, 1.165) is 6.07 Å². The molecule has 5 nitrogen and oxygen atoms in total. The molecule has 0 heterocycles. The molecule has 1 unspecified atom stereocenters. The molecule has 3 N–H and O–H groups in total. The van der Waals surface area contributed by atoms with Crippen molar-refractivity contribution >= 4 is 16.7 Å². The van der Waals surface area contributed by atoms with E-state index < -0.39 is 16.7 Å². The van der Waals surface area contributed by atoms with Crippen molar-refractivity contribution in [1.29, 1.82) is 0 Å². The van der Waals surface area contributed by atoms with Crippen molar-refractivity contribution in [2.45, 2.75) is 0 Å². The van der Waals surface area contributed by atoms with Gasteiger partial charge in [0.1, 0.15) is 11.5 Å². The van der Waals surface area contributed by atoms with Gasteiger partial charge in [-0.2, -0.15) is 0 Å². The zero-order chi connectivity index (χ0) is 12.1. The van der Waals surface area contributed by atoms with E-state index in [2.05, 4.69) is 5.32 Å². The van der Waals surface area contributed by atoms with Gasteiger partial charge >= 0.3 is 0 Å². The first kappa shape index (κ1) is 12.5. The summed E-state index contributed by atoms with van der Waals surface area (Å²) in [6.45, 7) is 0.280. The van der Waals surface area contributed by atoms with Crippen LogP contribution < -0.4 is 5.32 Å². The summed E-state index contributed by atoms with van der Waals surface area (Å²) in [6, 6.07) is 3.72. The monoisotopic (exact) mass is 243 g/mol. The summed E-state index contributed by atoms with van der Waals surface area (Å²) >= 11 is 0. The topological polar surface area (TPSA) is 86.6 Å². The lowest BCUT2D eigenvalue weighted by Crippen LogP contribution is -2.27. The minimum absolute atomic E-state index is 0.0830. The molecule has 0 radical (unpaired) electrons. The first-order valence-electron chi connectivity index (χ1n) is 4.61. The predicted molar refractivity (Wildman–Crippen MR) is 61.0 cm³/mol. The second-order valence-electron chi connectivity index (χ2n) is 3.23. The molecule has 16 heavy (non-hydrogen) atoms. The van der Waals surface area contributed by atoms with E-state index in [1.165, 1.54) is 12.1 Å². The second kappa shape index (κ2) is 5.50. The lowest BCUT2D eigenvalue weighted by molar-refractivity contribution is 0.0953. The Morgan fingerprint density at radius 1 is 1.44 bits per heavy atom. The van der Waals surface area contributed by atoms with E-state index in [9.17, 15) is 14.1 Å². The maximum absolute atomic E-state index is 11.5. The van der Waals surface area contributed by atoms with Gasteiger partial charge in [-0.15, -0.1) is 0 Å². The van der Waals surface area contributed by atoms with Crippen LogP contribution in [-0.4, -0.2) is 38.9 Å². The minimum atomic E-state index is -0.965. The van der Waals surface area contributed by atoms with Gasteiger partial charge in [-0.05, 0) is 12.1 Å². The van der Waals surface area contributed by atoms with Gasteiger partial charge in [0, 0.05) is 35.4 Å². The van der Waals surface area contributed by atoms with Gasteiger partial charge in [-0.1, -0.05) is 0 Å². The fourth-order valence-electron chi connectivity index (χ4n) is 1.12. The molecule has 0 aromatic heterocycles. The third-order valence-corrected chi connectivity index (χ3v) is 2.68. The van der Waals surface area contributed by atoms with Crippen LogP contribution >= 0.6 is 0 Å². The molecule has 0 aliphatic rings. The maximum Gasteiger partial charge on any atom is 0.255 e. The van der Waals surface area contributed by atoms with Gasteiger partial charge < -0.3 is 15.5 Å². The Morgan fingerprint density at radius 3 is 2.69 bits per heavy atom. The van der Waals surface area contributed by atoms with E-state index in [1.807, 2.05) is 0 Å². The fraction of sp³-hybridized carbons (Fsp3) is 0.300. The molecule has 6 heteroatoms. The molecular weight excluding hydrogens is 230 g/mol. The van der Waals surface area contributed by atoms with Crippen molar-refractivity contribution < 1.29 is 19.2 Å². The number of phenolic OH excluding ortho intramolecular Hbond substituents is 2. The molecule has 1 aromatic rings. The standard InChI is InChI=1S/C10H13NO4S/c1-16(15)5-4-11-10(14)8-3-2-7(12)6-9(8)13/h2-3,6,12-13H,4-5H2,1H3,(H,11,14). The average Bonchev–Trinajstić information content (AvgIpc) is 2.16. The highest BCUT2D eigenvalue weighted by Gasteiger charge is 2.10. The van der Waals surface area contributed by atoms with Crippen molar-refractivity contribution in [3.63, 3.8) is 0 Å². The maximum atomic E-state index is 11.5. The molecule has 88 valence electrons. The SMILES string of the molecule is CS(=O)CCNC(=O)c1ccc(O)cc1O. The Labute approximate surface area is 95.6 Å². The van der Waals surface area contributed by atoms with Crippen molar-refractivity contribution in [2.75, 3.05) is 18.6 Å². The second-order valence-corrected chi connectivity index (χ2v) is 4.79. The number of hydrogen-bond acceptors (Lipinski definition) is 4. The van der Waals surface area contributed by atoms with Gasteiger partial charge in [0.05, 0.1) is 5.56 Å². The fourth-order valence-corrected chi connectivity index (χ4v) is 1.51. The molecule has 1 rings (SSSR count). The largest absolute Gasteiger partial charge is 0.508 e. The van der Waals surface area contributed by atoms with Crippen LogP contribution in [0.3, 0.4) is 0 Å². The summed E-state index contributed by atoms with van der Waals surface area (Å²) in [5.41, 5.74) is 0.0830. The molecule has 0 aliphatic heterocycles. The van der Waals surface area contributed by atoms with Crippen LogP contribution in [-0.2, 0) is 10.8 Å². The van der Waals surface area contributed by atoms with Gasteiger partial charge in [-0.25, -0.2) is 0 Å². The number of carbonyl (C=O) groups excluding carboxylic acids is 1. The smallest absolute Gasteiger partial charge is 0.255 e. The quantitative estimate of drug-likeness (QED) is 0.705. The number of aromatic hydroxyl groups is 2. The Kier molecular flexibility index (Phi) is 4.30. The van der Waals surface area contributed by atoms with E-state index in [1.54, 1.807) is 6.26 Å². The highest BCUT2D eigenvalue weighted by Crippen LogP contribution is 2.22. The molecule has 0 aliphatic carbocycles. The number of rotatable bonds is 4. The number of benzene rings is 1.